The van der Waals surface area contributed by atoms with Crippen molar-refractivity contribution in [2.45, 2.75) is 43.9 Å². The Balaban J connectivity index is 2.66. The van der Waals surface area contributed by atoms with E-state index in [2.05, 4.69) is 0 Å². The van der Waals surface area contributed by atoms with Crippen LogP contribution in [0.3, 0.4) is 0 Å². The van der Waals surface area contributed by atoms with Gasteiger partial charge in [-0.1, -0.05) is 19.7 Å². The van der Waals surface area contributed by atoms with Crippen molar-refractivity contribution in [1.29, 1.82) is 0 Å². The summed E-state index contributed by atoms with van der Waals surface area (Å²) in [6.45, 7) is 3.75. The summed E-state index contributed by atoms with van der Waals surface area (Å²) in [4.78, 5) is 0. The van der Waals surface area contributed by atoms with Gasteiger partial charge in [0.05, 0.1) is 20.6 Å². The molecule has 2 N–H and O–H groups in total. The van der Waals surface area contributed by atoms with Gasteiger partial charge in [-0.25, -0.2) is 0 Å². The Morgan fingerprint density at radius 1 is 1.75 bits per heavy atom. The van der Waals surface area contributed by atoms with E-state index in [0.717, 1.165) is 0 Å². The highest BCUT2D eigenvalue weighted by Gasteiger charge is 2.47. The van der Waals surface area contributed by atoms with E-state index in [0.29, 0.717) is 6.42 Å². The highest BCUT2D eigenvalue weighted by molar-refractivity contribution is 6.11. The summed E-state index contributed by atoms with van der Waals surface area (Å²) in [6, 6.07) is 0. The molecule has 3 unspecified atom stereocenters. The van der Waals surface area contributed by atoms with Gasteiger partial charge in [-0.15, -0.1) is 0 Å². The molecule has 1 aliphatic rings. The molecule has 1 fully saturated rings. The second-order valence-electron chi connectivity index (χ2n) is 3.54. The van der Waals surface area contributed by atoms with Gasteiger partial charge in [-0.2, -0.15) is 0 Å². The molecule has 0 aromatic carbocycles. The number of hydrogen-bond acceptors (Lipinski definition) is 3. The van der Waals surface area contributed by atoms with Crippen molar-refractivity contribution in [3.8, 4) is 0 Å². The van der Waals surface area contributed by atoms with Crippen LogP contribution in [0.15, 0.2) is 0 Å². The largest absolute Gasteiger partial charge is 0.387 e. The molecule has 0 saturated carbocycles. The summed E-state index contributed by atoms with van der Waals surface area (Å²) < 4.78 is 5.21. The molecule has 0 aromatic rings. The van der Waals surface area contributed by atoms with E-state index in [-0.39, 0.29) is 12.4 Å². The van der Waals surface area contributed by atoms with E-state index in [9.17, 15) is 10.2 Å². The van der Waals surface area contributed by atoms with Crippen LogP contribution in [-0.2, 0) is 4.74 Å². The quantitative estimate of drug-likeness (QED) is 0.567. The summed E-state index contributed by atoms with van der Waals surface area (Å²) in [5.41, 5.74) is -1.10. The van der Waals surface area contributed by atoms with Crippen molar-refractivity contribution in [3.05, 3.63) is 0 Å². The summed E-state index contributed by atoms with van der Waals surface area (Å²) >= 11 is 0. The molecule has 0 amide bonds. The molecular formula is C8H15BO3. The van der Waals surface area contributed by atoms with E-state index >= 15 is 0 Å². The normalized spacial score (nSPS) is 44.7. The lowest BCUT2D eigenvalue weighted by Crippen LogP contribution is -2.44. The second-order valence-corrected chi connectivity index (χ2v) is 3.54. The zero-order valence-corrected chi connectivity index (χ0v) is 7.53. The molecule has 0 bridgehead atoms. The van der Waals surface area contributed by atoms with Gasteiger partial charge in [0, 0.05) is 0 Å². The molecule has 0 aliphatic carbocycles. The average molecular weight is 170 g/mol. The van der Waals surface area contributed by atoms with Gasteiger partial charge in [0.15, 0.2) is 0 Å². The third-order valence-electron chi connectivity index (χ3n) is 2.52. The van der Waals surface area contributed by atoms with Crippen molar-refractivity contribution in [1.82, 2.24) is 0 Å². The molecule has 68 valence electrons. The Kier molecular flexibility index (Phi) is 2.81. The van der Waals surface area contributed by atoms with Crippen molar-refractivity contribution in [3.63, 3.8) is 0 Å². The summed E-state index contributed by atoms with van der Waals surface area (Å²) in [7, 11) is 5.57. The van der Waals surface area contributed by atoms with E-state index in [4.69, 9.17) is 12.6 Å². The maximum atomic E-state index is 9.76. The Morgan fingerprint density at radius 3 is 2.58 bits per heavy atom. The van der Waals surface area contributed by atoms with Crippen molar-refractivity contribution < 1.29 is 14.9 Å². The standard InChI is InChI=1S/C8H15BO3/c1-3-8(11)4-12-6(5(2)9)7(8)10/h5-7,10-11H,3-4H2,1-2H3/t5-,6?,7?,8?/m1/s1. The fraction of sp³-hybridized carbons (Fsp3) is 1.00. The van der Waals surface area contributed by atoms with Crippen molar-refractivity contribution >= 4 is 7.85 Å². The molecule has 1 saturated heterocycles. The lowest BCUT2D eigenvalue weighted by atomic mass is 9.79. The van der Waals surface area contributed by atoms with E-state index in [1.54, 1.807) is 6.92 Å². The maximum Gasteiger partial charge on any atom is 0.116 e. The molecule has 0 spiro atoms. The van der Waals surface area contributed by atoms with Gasteiger partial charge in [0.25, 0.3) is 0 Å². The summed E-state index contributed by atoms with van der Waals surface area (Å²) in [6.07, 6.45) is -0.811. The van der Waals surface area contributed by atoms with Crippen LogP contribution < -0.4 is 0 Å². The van der Waals surface area contributed by atoms with Crippen LogP contribution in [0.4, 0.5) is 0 Å². The van der Waals surface area contributed by atoms with E-state index in [1.165, 1.54) is 0 Å². The van der Waals surface area contributed by atoms with E-state index in [1.807, 2.05) is 6.92 Å². The molecule has 1 heterocycles. The molecule has 3 nitrogen and oxygen atoms in total. The minimum absolute atomic E-state index is 0.177. The van der Waals surface area contributed by atoms with Crippen LogP contribution in [0, 0.1) is 0 Å². The van der Waals surface area contributed by atoms with Gasteiger partial charge >= 0.3 is 0 Å². The first-order valence-corrected chi connectivity index (χ1v) is 4.29. The Labute approximate surface area is 74.1 Å². The molecular weight excluding hydrogens is 155 g/mol. The first-order valence-electron chi connectivity index (χ1n) is 4.29. The maximum absolute atomic E-state index is 9.76. The number of aliphatic hydroxyl groups excluding tert-OH is 1. The molecule has 1 aliphatic heterocycles. The number of ether oxygens (including phenoxy) is 1. The second kappa shape index (κ2) is 3.36. The minimum Gasteiger partial charge on any atom is -0.387 e. The fourth-order valence-corrected chi connectivity index (χ4v) is 1.47. The monoisotopic (exact) mass is 170 g/mol. The predicted molar refractivity (Wildman–Crippen MR) is 46.2 cm³/mol. The zero-order chi connectivity index (χ0) is 9.35. The molecule has 2 radical (unpaired) electrons. The van der Waals surface area contributed by atoms with Crippen LogP contribution in [0.5, 0.6) is 0 Å². The van der Waals surface area contributed by atoms with Crippen LogP contribution in [-0.4, -0.2) is 42.5 Å². The lowest BCUT2D eigenvalue weighted by molar-refractivity contribution is -0.0519. The van der Waals surface area contributed by atoms with Gasteiger partial charge in [0.1, 0.15) is 11.7 Å². The highest BCUT2D eigenvalue weighted by Crippen LogP contribution is 2.32. The van der Waals surface area contributed by atoms with Crippen LogP contribution in [0.2, 0.25) is 5.82 Å². The first-order chi connectivity index (χ1) is 5.51. The van der Waals surface area contributed by atoms with E-state index < -0.39 is 17.8 Å². The van der Waals surface area contributed by atoms with Crippen molar-refractivity contribution in [2.75, 3.05) is 6.61 Å². The molecule has 4 atom stereocenters. The average Bonchev–Trinajstić information content (AvgIpc) is 2.30. The van der Waals surface area contributed by atoms with Crippen LogP contribution in [0.1, 0.15) is 20.3 Å². The SMILES string of the molecule is [B][C@H](C)C1OCC(O)(CC)C1O. The first kappa shape index (κ1) is 10.0. The number of hydrogen-bond donors (Lipinski definition) is 2. The highest BCUT2D eigenvalue weighted by atomic mass is 16.5. The molecule has 0 aromatic heterocycles. The molecule has 1 rings (SSSR count). The smallest absolute Gasteiger partial charge is 0.116 e. The summed E-state index contributed by atoms with van der Waals surface area (Å²) in [5, 5.41) is 19.4. The molecule has 4 heteroatoms. The van der Waals surface area contributed by atoms with Gasteiger partial charge < -0.3 is 14.9 Å². The van der Waals surface area contributed by atoms with Gasteiger partial charge in [-0.3, -0.25) is 0 Å². The Bertz CT molecular complexity index is 162. The van der Waals surface area contributed by atoms with Crippen molar-refractivity contribution in [2.24, 2.45) is 0 Å². The van der Waals surface area contributed by atoms with Crippen LogP contribution in [0.25, 0.3) is 0 Å². The van der Waals surface area contributed by atoms with Crippen LogP contribution >= 0.6 is 0 Å². The summed E-state index contributed by atoms with van der Waals surface area (Å²) in [5.74, 6) is -0.249. The minimum atomic E-state index is -1.10. The number of rotatable bonds is 2. The predicted octanol–water partition coefficient (Wildman–Crippen LogP) is -0.136. The fourth-order valence-electron chi connectivity index (χ4n) is 1.47. The molecule has 12 heavy (non-hydrogen) atoms. The topological polar surface area (TPSA) is 49.7 Å². The lowest BCUT2D eigenvalue weighted by Gasteiger charge is -2.26. The number of aliphatic hydroxyl groups is 2. The third kappa shape index (κ3) is 1.51. The zero-order valence-electron chi connectivity index (χ0n) is 7.53. The third-order valence-corrected chi connectivity index (χ3v) is 2.52. The van der Waals surface area contributed by atoms with Gasteiger partial charge in [0.2, 0.25) is 0 Å². The Morgan fingerprint density at radius 2 is 2.33 bits per heavy atom. The van der Waals surface area contributed by atoms with Gasteiger partial charge in [-0.05, 0) is 6.42 Å². The Hall–Kier alpha value is -0.0551.